The summed E-state index contributed by atoms with van der Waals surface area (Å²) in [5.41, 5.74) is 0. The van der Waals surface area contributed by atoms with E-state index in [1.807, 2.05) is 0 Å². The minimum Gasteiger partial charge on any atom is -0.377 e. The van der Waals surface area contributed by atoms with E-state index in [4.69, 9.17) is 4.74 Å². The smallest absolute Gasteiger partial charge is 0.377 e. The van der Waals surface area contributed by atoms with Gasteiger partial charge in [-0.05, 0) is 13.3 Å². The number of ether oxygens (including phenoxy) is 1. The Balaban J connectivity index is 2.23. The summed E-state index contributed by atoms with van der Waals surface area (Å²) < 4.78 is 40.3. The largest absolute Gasteiger partial charge is 0.401 e. The summed E-state index contributed by atoms with van der Waals surface area (Å²) in [7, 11) is 0. The molecule has 72 valence electrons. The van der Waals surface area contributed by atoms with Crippen molar-refractivity contribution in [1.82, 2.24) is 5.32 Å². The van der Waals surface area contributed by atoms with E-state index in [0.717, 1.165) is 0 Å². The Kier molecular flexibility index (Phi) is 2.95. The molecule has 0 aliphatic carbocycles. The summed E-state index contributed by atoms with van der Waals surface area (Å²) in [5, 5.41) is 2.42. The third kappa shape index (κ3) is 2.98. The van der Waals surface area contributed by atoms with E-state index in [9.17, 15) is 13.2 Å². The van der Waals surface area contributed by atoms with Crippen LogP contribution in [0.4, 0.5) is 13.2 Å². The molecule has 0 aromatic rings. The Morgan fingerprint density at radius 1 is 1.50 bits per heavy atom. The van der Waals surface area contributed by atoms with Crippen LogP contribution < -0.4 is 5.32 Å². The zero-order chi connectivity index (χ0) is 9.19. The molecular formula is C7H12F3NO. The minimum absolute atomic E-state index is 0.104. The number of rotatable bonds is 2. The summed E-state index contributed by atoms with van der Waals surface area (Å²) in [6, 6.07) is -0.147. The molecule has 0 amide bonds. The van der Waals surface area contributed by atoms with Crippen LogP contribution in [-0.4, -0.2) is 31.5 Å². The molecule has 1 aliphatic rings. The maximum Gasteiger partial charge on any atom is 0.401 e. The van der Waals surface area contributed by atoms with Crippen LogP contribution in [0, 0.1) is 0 Å². The number of hydrogen-bond donors (Lipinski definition) is 1. The van der Waals surface area contributed by atoms with Gasteiger partial charge in [0, 0.05) is 12.6 Å². The van der Waals surface area contributed by atoms with Crippen molar-refractivity contribution in [3.05, 3.63) is 0 Å². The first-order chi connectivity index (χ1) is 5.49. The first-order valence-corrected chi connectivity index (χ1v) is 3.91. The predicted molar refractivity (Wildman–Crippen MR) is 37.9 cm³/mol. The summed E-state index contributed by atoms with van der Waals surface area (Å²) >= 11 is 0. The van der Waals surface area contributed by atoms with Gasteiger partial charge in [-0.3, -0.25) is 0 Å². The van der Waals surface area contributed by atoms with Gasteiger partial charge < -0.3 is 10.1 Å². The van der Waals surface area contributed by atoms with E-state index in [1.54, 1.807) is 6.92 Å². The molecule has 0 saturated carbocycles. The molecule has 1 N–H and O–H groups in total. The van der Waals surface area contributed by atoms with Crippen molar-refractivity contribution in [1.29, 1.82) is 0 Å². The second-order valence-electron chi connectivity index (χ2n) is 2.97. The Morgan fingerprint density at radius 2 is 2.17 bits per heavy atom. The lowest BCUT2D eigenvalue weighted by Gasteiger charge is -2.16. The minimum atomic E-state index is -4.12. The van der Waals surface area contributed by atoms with Gasteiger partial charge in [0.05, 0.1) is 12.6 Å². The van der Waals surface area contributed by atoms with Crippen molar-refractivity contribution in [2.75, 3.05) is 13.2 Å². The van der Waals surface area contributed by atoms with Crippen molar-refractivity contribution >= 4 is 0 Å². The lowest BCUT2D eigenvalue weighted by Crippen LogP contribution is -2.40. The van der Waals surface area contributed by atoms with Crippen LogP contribution in [-0.2, 0) is 4.74 Å². The van der Waals surface area contributed by atoms with Crippen molar-refractivity contribution in [2.45, 2.75) is 31.7 Å². The fraction of sp³-hybridized carbons (Fsp3) is 1.00. The molecule has 2 nitrogen and oxygen atoms in total. The fourth-order valence-electron chi connectivity index (χ4n) is 1.25. The molecule has 0 aromatic carbocycles. The van der Waals surface area contributed by atoms with Gasteiger partial charge in [0.1, 0.15) is 0 Å². The van der Waals surface area contributed by atoms with Crippen LogP contribution in [0.15, 0.2) is 0 Å². The molecule has 12 heavy (non-hydrogen) atoms. The predicted octanol–water partition coefficient (Wildman–Crippen LogP) is 1.32. The highest BCUT2D eigenvalue weighted by Crippen LogP contribution is 2.16. The molecule has 1 heterocycles. The molecule has 0 bridgehead atoms. The second kappa shape index (κ2) is 3.62. The Hall–Kier alpha value is -0.290. The molecule has 2 unspecified atom stereocenters. The van der Waals surface area contributed by atoms with Gasteiger partial charge in [0.25, 0.3) is 0 Å². The first kappa shape index (κ1) is 9.80. The molecule has 5 heteroatoms. The van der Waals surface area contributed by atoms with E-state index in [2.05, 4.69) is 5.32 Å². The molecule has 1 rings (SSSR count). The van der Waals surface area contributed by atoms with Crippen LogP contribution >= 0.6 is 0 Å². The molecule has 1 saturated heterocycles. The Labute approximate surface area is 69.1 Å². The van der Waals surface area contributed by atoms with Crippen molar-refractivity contribution in [3.8, 4) is 0 Å². The van der Waals surface area contributed by atoms with Gasteiger partial charge in [-0.25, -0.2) is 0 Å². The number of alkyl halides is 3. The third-order valence-electron chi connectivity index (χ3n) is 1.94. The Morgan fingerprint density at radius 3 is 2.58 bits per heavy atom. The zero-order valence-electron chi connectivity index (χ0n) is 6.82. The molecule has 0 aromatic heterocycles. The van der Waals surface area contributed by atoms with Crippen LogP contribution in [0.2, 0.25) is 0 Å². The average molecular weight is 183 g/mol. The van der Waals surface area contributed by atoms with Crippen molar-refractivity contribution in [2.24, 2.45) is 0 Å². The van der Waals surface area contributed by atoms with Gasteiger partial charge in [-0.2, -0.15) is 13.2 Å². The standard InChI is InChI=1S/C7H12F3NO/c1-5-6(2-3-12-5)11-4-7(8,9)10/h5-6,11H,2-4H2,1H3. The van der Waals surface area contributed by atoms with Crippen LogP contribution in [0.5, 0.6) is 0 Å². The summed E-state index contributed by atoms with van der Waals surface area (Å²) in [4.78, 5) is 0. The molecule has 1 fully saturated rings. The number of nitrogens with one attached hydrogen (secondary N) is 1. The highest BCUT2D eigenvalue weighted by molar-refractivity contribution is 4.79. The van der Waals surface area contributed by atoms with E-state index < -0.39 is 12.7 Å². The monoisotopic (exact) mass is 183 g/mol. The van der Waals surface area contributed by atoms with Gasteiger partial charge in [-0.1, -0.05) is 0 Å². The van der Waals surface area contributed by atoms with E-state index in [-0.39, 0.29) is 12.1 Å². The van der Waals surface area contributed by atoms with Gasteiger partial charge >= 0.3 is 6.18 Å². The molecule has 0 radical (unpaired) electrons. The van der Waals surface area contributed by atoms with Crippen molar-refractivity contribution < 1.29 is 17.9 Å². The quantitative estimate of drug-likeness (QED) is 0.697. The maximum absolute atomic E-state index is 11.7. The molecule has 0 spiro atoms. The Bertz CT molecular complexity index is 148. The summed E-state index contributed by atoms with van der Waals surface area (Å²) in [6.45, 7) is 1.41. The summed E-state index contributed by atoms with van der Waals surface area (Å²) in [6.07, 6.45) is -3.56. The average Bonchev–Trinajstić information content (AvgIpc) is 2.29. The second-order valence-corrected chi connectivity index (χ2v) is 2.97. The van der Waals surface area contributed by atoms with Crippen LogP contribution in [0.1, 0.15) is 13.3 Å². The normalized spacial score (nSPS) is 31.0. The van der Waals surface area contributed by atoms with E-state index >= 15 is 0 Å². The van der Waals surface area contributed by atoms with Gasteiger partial charge in [0.15, 0.2) is 0 Å². The molecule has 2 atom stereocenters. The van der Waals surface area contributed by atoms with Gasteiger partial charge in [0.2, 0.25) is 0 Å². The van der Waals surface area contributed by atoms with Gasteiger partial charge in [-0.15, -0.1) is 0 Å². The first-order valence-electron chi connectivity index (χ1n) is 3.91. The maximum atomic E-state index is 11.7. The third-order valence-corrected chi connectivity index (χ3v) is 1.94. The number of hydrogen-bond acceptors (Lipinski definition) is 2. The van der Waals surface area contributed by atoms with Crippen LogP contribution in [0.3, 0.4) is 0 Å². The molecular weight excluding hydrogens is 171 g/mol. The summed E-state index contributed by atoms with van der Waals surface area (Å²) in [5.74, 6) is 0. The van der Waals surface area contributed by atoms with E-state index in [0.29, 0.717) is 13.0 Å². The van der Waals surface area contributed by atoms with E-state index in [1.165, 1.54) is 0 Å². The topological polar surface area (TPSA) is 21.3 Å². The highest BCUT2D eigenvalue weighted by atomic mass is 19.4. The highest BCUT2D eigenvalue weighted by Gasteiger charge is 2.31. The SMILES string of the molecule is CC1OCCC1NCC(F)(F)F. The zero-order valence-corrected chi connectivity index (χ0v) is 6.82. The van der Waals surface area contributed by atoms with Crippen molar-refractivity contribution in [3.63, 3.8) is 0 Å². The fourth-order valence-corrected chi connectivity index (χ4v) is 1.25. The molecule has 1 aliphatic heterocycles. The number of halogens is 3. The van der Waals surface area contributed by atoms with Crippen LogP contribution in [0.25, 0.3) is 0 Å². The lowest BCUT2D eigenvalue weighted by molar-refractivity contribution is -0.126. The lowest BCUT2D eigenvalue weighted by atomic mass is 10.1.